The summed E-state index contributed by atoms with van der Waals surface area (Å²) < 4.78 is 30.4. The summed E-state index contributed by atoms with van der Waals surface area (Å²) in [6.45, 7) is 10.8. The molecule has 0 aliphatic heterocycles. The Labute approximate surface area is 163 Å². The number of hydrogen-bond acceptors (Lipinski definition) is 5. The molecule has 27 heavy (non-hydrogen) atoms. The Morgan fingerprint density at radius 1 is 1.33 bits per heavy atom. The minimum atomic E-state index is -3.15. The molecule has 0 aromatic carbocycles. The van der Waals surface area contributed by atoms with Crippen molar-refractivity contribution in [3.63, 3.8) is 0 Å². The average Bonchev–Trinajstić information content (AvgIpc) is 2.95. The molecule has 0 saturated heterocycles. The van der Waals surface area contributed by atoms with Crippen molar-refractivity contribution in [1.29, 1.82) is 0 Å². The molecular formula is C18H34N4O4S. The van der Waals surface area contributed by atoms with Gasteiger partial charge in [-0.15, -0.1) is 0 Å². The highest BCUT2D eigenvalue weighted by molar-refractivity contribution is 7.89. The molecule has 0 amide bonds. The first-order valence-corrected chi connectivity index (χ1v) is 10.9. The fourth-order valence-electron chi connectivity index (χ4n) is 2.69. The van der Waals surface area contributed by atoms with Crippen LogP contribution in [0.5, 0.6) is 0 Å². The van der Waals surface area contributed by atoms with Gasteiger partial charge in [0.1, 0.15) is 17.1 Å². The van der Waals surface area contributed by atoms with E-state index in [0.29, 0.717) is 37.8 Å². The largest absolute Gasteiger partial charge is 0.466 e. The average molecular weight is 403 g/mol. The zero-order valence-electron chi connectivity index (χ0n) is 17.3. The molecule has 0 radical (unpaired) electrons. The van der Waals surface area contributed by atoms with E-state index in [4.69, 9.17) is 4.42 Å². The van der Waals surface area contributed by atoms with Crippen molar-refractivity contribution < 1.29 is 17.9 Å². The van der Waals surface area contributed by atoms with Crippen LogP contribution in [0.4, 0.5) is 0 Å². The summed E-state index contributed by atoms with van der Waals surface area (Å²) in [7, 11) is -1.57. The van der Waals surface area contributed by atoms with E-state index in [2.05, 4.69) is 15.6 Å². The quantitative estimate of drug-likeness (QED) is 0.310. The predicted molar refractivity (Wildman–Crippen MR) is 108 cm³/mol. The number of guanidine groups is 1. The van der Waals surface area contributed by atoms with E-state index in [1.807, 2.05) is 26.8 Å². The summed E-state index contributed by atoms with van der Waals surface area (Å²) in [6.07, 6.45) is 0.649. The molecule has 0 saturated carbocycles. The second kappa shape index (κ2) is 10.1. The third kappa shape index (κ3) is 7.15. The molecule has 9 heteroatoms. The van der Waals surface area contributed by atoms with Crippen molar-refractivity contribution in [3.8, 4) is 0 Å². The lowest BCUT2D eigenvalue weighted by molar-refractivity contribution is 0.0657. The van der Waals surface area contributed by atoms with E-state index in [-0.39, 0.29) is 12.3 Å². The lowest BCUT2D eigenvalue weighted by Gasteiger charge is -2.22. The van der Waals surface area contributed by atoms with Gasteiger partial charge in [-0.25, -0.2) is 17.7 Å². The molecule has 1 rings (SSSR count). The molecule has 8 nitrogen and oxygen atoms in total. The van der Waals surface area contributed by atoms with Crippen LogP contribution in [-0.4, -0.2) is 62.8 Å². The maximum Gasteiger partial charge on any atom is 0.213 e. The van der Waals surface area contributed by atoms with Crippen LogP contribution < -0.4 is 10.6 Å². The van der Waals surface area contributed by atoms with Gasteiger partial charge in [-0.2, -0.15) is 0 Å². The van der Waals surface area contributed by atoms with Crippen molar-refractivity contribution in [3.05, 3.63) is 23.2 Å². The third-order valence-corrected chi connectivity index (χ3v) is 6.15. The van der Waals surface area contributed by atoms with E-state index < -0.39 is 15.6 Å². The van der Waals surface area contributed by atoms with Crippen molar-refractivity contribution in [2.24, 2.45) is 4.99 Å². The molecule has 3 N–H and O–H groups in total. The monoisotopic (exact) mass is 402 g/mol. The van der Waals surface area contributed by atoms with Crippen molar-refractivity contribution in [2.75, 3.05) is 39.0 Å². The van der Waals surface area contributed by atoms with Gasteiger partial charge in [0, 0.05) is 32.2 Å². The second-order valence-corrected chi connectivity index (χ2v) is 9.16. The number of hydrogen-bond donors (Lipinski definition) is 3. The first-order chi connectivity index (χ1) is 12.5. The number of aryl methyl sites for hydroxylation is 2. The van der Waals surface area contributed by atoms with Crippen LogP contribution in [0, 0.1) is 13.8 Å². The molecule has 1 unspecified atom stereocenters. The van der Waals surface area contributed by atoms with Crippen LogP contribution in [-0.2, 0) is 15.6 Å². The zero-order chi connectivity index (χ0) is 20.7. The van der Waals surface area contributed by atoms with E-state index in [1.165, 1.54) is 4.31 Å². The van der Waals surface area contributed by atoms with Gasteiger partial charge in [0.25, 0.3) is 0 Å². The highest BCUT2D eigenvalue weighted by atomic mass is 32.2. The number of sulfonamides is 1. The number of nitrogens with zero attached hydrogens (tertiary/aromatic N) is 2. The first-order valence-electron chi connectivity index (χ1n) is 9.29. The molecule has 0 aliphatic carbocycles. The maximum atomic E-state index is 11.7. The van der Waals surface area contributed by atoms with E-state index in [9.17, 15) is 13.5 Å². The minimum Gasteiger partial charge on any atom is -0.466 e. The minimum absolute atomic E-state index is 0.100. The first kappa shape index (κ1) is 23.5. The lowest BCUT2D eigenvalue weighted by atomic mass is 9.96. The Balaban J connectivity index is 2.63. The van der Waals surface area contributed by atoms with Crippen LogP contribution in [0.2, 0.25) is 0 Å². The zero-order valence-corrected chi connectivity index (χ0v) is 18.1. The van der Waals surface area contributed by atoms with Gasteiger partial charge < -0.3 is 20.2 Å². The van der Waals surface area contributed by atoms with Crippen molar-refractivity contribution >= 4 is 16.0 Å². The maximum absolute atomic E-state index is 11.7. The second-order valence-electron chi connectivity index (χ2n) is 6.80. The molecule has 0 aliphatic rings. The van der Waals surface area contributed by atoms with Crippen LogP contribution in [0.1, 0.15) is 44.3 Å². The molecule has 0 spiro atoms. The number of furan rings is 1. The van der Waals surface area contributed by atoms with Gasteiger partial charge in [0.05, 0.1) is 12.3 Å². The Hall–Kier alpha value is -1.58. The van der Waals surface area contributed by atoms with Crippen LogP contribution in [0.25, 0.3) is 0 Å². The predicted octanol–water partition coefficient (Wildman–Crippen LogP) is 1.33. The summed E-state index contributed by atoms with van der Waals surface area (Å²) in [6, 6.07) is 1.83. The van der Waals surface area contributed by atoms with E-state index in [1.54, 1.807) is 20.9 Å². The van der Waals surface area contributed by atoms with E-state index >= 15 is 0 Å². The molecule has 1 atom stereocenters. The van der Waals surface area contributed by atoms with Gasteiger partial charge in [0.2, 0.25) is 10.0 Å². The SMILES string of the molecule is CCNC(=NCC(C)(O)c1cc(C)oc1C)NCCCN(C)S(=O)(=O)CC. The molecule has 1 heterocycles. The Kier molecular flexibility index (Phi) is 8.77. The fourth-order valence-corrected chi connectivity index (χ4v) is 3.54. The van der Waals surface area contributed by atoms with Gasteiger partial charge in [-0.1, -0.05) is 0 Å². The van der Waals surface area contributed by atoms with Gasteiger partial charge >= 0.3 is 0 Å². The summed E-state index contributed by atoms with van der Waals surface area (Å²) in [5.74, 6) is 2.12. The Bertz CT molecular complexity index is 726. The van der Waals surface area contributed by atoms with Crippen molar-refractivity contribution in [2.45, 2.75) is 46.6 Å². The van der Waals surface area contributed by atoms with Gasteiger partial charge in [-0.3, -0.25) is 0 Å². The highest BCUT2D eigenvalue weighted by Gasteiger charge is 2.27. The Morgan fingerprint density at radius 3 is 2.52 bits per heavy atom. The number of aliphatic hydroxyl groups is 1. The van der Waals surface area contributed by atoms with Gasteiger partial charge in [0.15, 0.2) is 5.96 Å². The number of nitrogens with one attached hydrogen (secondary N) is 2. The van der Waals surface area contributed by atoms with Crippen LogP contribution >= 0.6 is 0 Å². The molecule has 1 aromatic heterocycles. The summed E-state index contributed by atoms with van der Waals surface area (Å²) in [4.78, 5) is 4.46. The molecule has 0 fully saturated rings. The van der Waals surface area contributed by atoms with E-state index in [0.717, 1.165) is 11.3 Å². The van der Waals surface area contributed by atoms with Crippen LogP contribution in [0.15, 0.2) is 15.5 Å². The smallest absolute Gasteiger partial charge is 0.213 e. The summed E-state index contributed by atoms with van der Waals surface area (Å²) >= 11 is 0. The number of rotatable bonds is 10. The topological polar surface area (TPSA) is 107 Å². The highest BCUT2D eigenvalue weighted by Crippen LogP contribution is 2.27. The molecule has 156 valence electrons. The van der Waals surface area contributed by atoms with Gasteiger partial charge in [-0.05, 0) is 47.1 Å². The molecular weight excluding hydrogens is 368 g/mol. The normalized spacial score (nSPS) is 15.0. The van der Waals surface area contributed by atoms with Crippen molar-refractivity contribution in [1.82, 2.24) is 14.9 Å². The summed E-state index contributed by atoms with van der Waals surface area (Å²) in [5.41, 5.74) is -0.411. The fraction of sp³-hybridized carbons (Fsp3) is 0.722. The molecule has 0 bridgehead atoms. The standard InChI is InChI=1S/C18H34N4O4S/c1-7-19-17(20-10-9-11-22(6)27(24,25)8-2)21-13-18(5,23)16-12-14(3)26-15(16)4/h12,23H,7-11,13H2,1-6H3,(H2,19,20,21). The lowest BCUT2D eigenvalue weighted by Crippen LogP contribution is -2.40. The molecule has 1 aromatic rings. The third-order valence-electron chi connectivity index (χ3n) is 4.29. The van der Waals surface area contributed by atoms with Crippen LogP contribution in [0.3, 0.4) is 0 Å². The summed E-state index contributed by atoms with van der Waals surface area (Å²) in [5, 5.41) is 17.1. The number of aliphatic imine (C=N–C) groups is 1. The Morgan fingerprint density at radius 2 is 2.00 bits per heavy atom.